The minimum Gasteiger partial charge on any atom is -0.356 e. The summed E-state index contributed by atoms with van der Waals surface area (Å²) in [4.78, 5) is 23.1. The molecule has 0 spiro atoms. The molecule has 1 amide bonds. The van der Waals surface area contributed by atoms with E-state index in [1.807, 2.05) is 39.5 Å². The van der Waals surface area contributed by atoms with E-state index < -0.39 is 5.41 Å². The summed E-state index contributed by atoms with van der Waals surface area (Å²) in [6, 6.07) is 0.381. The van der Waals surface area contributed by atoms with Crippen molar-refractivity contribution < 1.29 is 4.79 Å². The topological polar surface area (TPSA) is 74.6 Å². The van der Waals surface area contributed by atoms with E-state index in [9.17, 15) is 4.79 Å². The Morgan fingerprint density at radius 3 is 2.69 bits per heavy atom. The molecule has 1 aromatic rings. The molecule has 0 saturated carbocycles. The number of halogens is 1. The molecule has 2 rings (SSSR count). The predicted molar refractivity (Wildman–Crippen MR) is 116 cm³/mol. The molecular weight excluding hydrogens is 443 g/mol. The third-order valence-corrected chi connectivity index (χ3v) is 4.98. The van der Waals surface area contributed by atoms with Gasteiger partial charge in [0, 0.05) is 45.6 Å². The number of hydrogen-bond acceptors (Lipinski definition) is 3. The number of aliphatic imine (C=N–C) groups is 1. The number of likely N-dealkylation sites (tertiary alicyclic amines) is 1. The summed E-state index contributed by atoms with van der Waals surface area (Å²) in [5, 5.41) is 6.29. The first-order chi connectivity index (χ1) is 11.9. The number of guanidine groups is 1. The molecule has 7 nitrogen and oxygen atoms in total. The van der Waals surface area contributed by atoms with Crippen LogP contribution in [0.2, 0.25) is 0 Å². The standard InChI is InChI=1S/C18H32N6O.HI/c1-6-21-16(25)18(3,4)12-22-17(19-5)23-9-7-14(2)15(11-23)24-10-8-20-13-24;/h8,10,13-15H,6-7,9,11-12H2,1-5H3,(H,19,22)(H,21,25);1H. The Hall–Kier alpha value is -1.32. The Balaban J connectivity index is 0.00000338. The molecule has 1 aliphatic heterocycles. The van der Waals surface area contributed by atoms with E-state index in [2.05, 4.69) is 37.0 Å². The molecule has 1 saturated heterocycles. The highest BCUT2D eigenvalue weighted by atomic mass is 127. The summed E-state index contributed by atoms with van der Waals surface area (Å²) >= 11 is 0. The lowest BCUT2D eigenvalue weighted by Gasteiger charge is -2.39. The van der Waals surface area contributed by atoms with Gasteiger partial charge in [-0.3, -0.25) is 9.79 Å². The lowest BCUT2D eigenvalue weighted by atomic mass is 9.92. The van der Waals surface area contributed by atoms with Crippen LogP contribution >= 0.6 is 24.0 Å². The van der Waals surface area contributed by atoms with Crippen molar-refractivity contribution in [2.24, 2.45) is 16.3 Å². The SMILES string of the molecule is CCNC(=O)C(C)(C)CNC(=NC)N1CCC(C)C(n2ccnc2)C1.I. The van der Waals surface area contributed by atoms with Gasteiger partial charge in [-0.2, -0.15) is 0 Å². The highest BCUT2D eigenvalue weighted by Crippen LogP contribution is 2.27. The van der Waals surface area contributed by atoms with Crippen molar-refractivity contribution in [3.63, 3.8) is 0 Å². The zero-order valence-corrected chi connectivity index (χ0v) is 18.9. The molecule has 0 bridgehead atoms. The Kier molecular flexibility index (Phi) is 8.85. The van der Waals surface area contributed by atoms with Gasteiger partial charge in [-0.15, -0.1) is 24.0 Å². The van der Waals surface area contributed by atoms with Crippen LogP contribution in [0.5, 0.6) is 0 Å². The highest BCUT2D eigenvalue weighted by Gasteiger charge is 2.31. The number of imidazole rings is 1. The molecule has 2 heterocycles. The first kappa shape index (κ1) is 22.7. The monoisotopic (exact) mass is 476 g/mol. The molecule has 2 unspecified atom stereocenters. The molecule has 1 fully saturated rings. The van der Waals surface area contributed by atoms with Crippen molar-refractivity contribution in [1.29, 1.82) is 0 Å². The average molecular weight is 476 g/mol. The summed E-state index contributed by atoms with van der Waals surface area (Å²) < 4.78 is 2.18. The Bertz CT molecular complexity index is 587. The minimum atomic E-state index is -0.487. The zero-order chi connectivity index (χ0) is 18.4. The predicted octanol–water partition coefficient (Wildman–Crippen LogP) is 2.12. The molecule has 0 aliphatic carbocycles. The number of carbonyl (C=O) groups excluding carboxylic acids is 1. The number of piperidine rings is 1. The van der Waals surface area contributed by atoms with Gasteiger partial charge < -0.3 is 20.1 Å². The van der Waals surface area contributed by atoms with Crippen molar-refractivity contribution in [3.8, 4) is 0 Å². The zero-order valence-electron chi connectivity index (χ0n) is 16.5. The molecule has 26 heavy (non-hydrogen) atoms. The molecule has 8 heteroatoms. The number of hydrogen-bond donors (Lipinski definition) is 2. The van der Waals surface area contributed by atoms with Crippen molar-refractivity contribution in [2.45, 2.75) is 40.2 Å². The largest absolute Gasteiger partial charge is 0.356 e. The minimum absolute atomic E-state index is 0. The van der Waals surface area contributed by atoms with E-state index in [-0.39, 0.29) is 29.9 Å². The summed E-state index contributed by atoms with van der Waals surface area (Å²) in [5.74, 6) is 1.51. The van der Waals surface area contributed by atoms with E-state index in [0.717, 1.165) is 25.5 Å². The van der Waals surface area contributed by atoms with Gasteiger partial charge in [-0.05, 0) is 33.1 Å². The first-order valence-electron chi connectivity index (χ1n) is 9.10. The van der Waals surface area contributed by atoms with Crippen LogP contribution in [0, 0.1) is 11.3 Å². The van der Waals surface area contributed by atoms with Crippen LogP contribution in [0.15, 0.2) is 23.7 Å². The fourth-order valence-electron chi connectivity index (χ4n) is 3.21. The number of amides is 1. The van der Waals surface area contributed by atoms with Crippen LogP contribution in [-0.4, -0.2) is 59.5 Å². The average Bonchev–Trinajstić information content (AvgIpc) is 3.11. The van der Waals surface area contributed by atoms with E-state index in [1.54, 1.807) is 7.05 Å². The fourth-order valence-corrected chi connectivity index (χ4v) is 3.21. The van der Waals surface area contributed by atoms with Gasteiger partial charge >= 0.3 is 0 Å². The molecule has 2 atom stereocenters. The van der Waals surface area contributed by atoms with Gasteiger partial charge in [-0.25, -0.2) is 4.98 Å². The number of carbonyl (C=O) groups is 1. The second-order valence-electron chi connectivity index (χ2n) is 7.43. The number of aromatic nitrogens is 2. The van der Waals surface area contributed by atoms with Crippen LogP contribution in [0.3, 0.4) is 0 Å². The van der Waals surface area contributed by atoms with Gasteiger partial charge in [0.15, 0.2) is 5.96 Å². The normalized spacial score (nSPS) is 21.1. The lowest BCUT2D eigenvalue weighted by Crippen LogP contribution is -2.52. The first-order valence-corrected chi connectivity index (χ1v) is 9.10. The Morgan fingerprint density at radius 1 is 1.38 bits per heavy atom. The van der Waals surface area contributed by atoms with Crippen molar-refractivity contribution >= 4 is 35.8 Å². The van der Waals surface area contributed by atoms with E-state index in [1.165, 1.54) is 0 Å². The van der Waals surface area contributed by atoms with Gasteiger partial charge in [0.2, 0.25) is 5.91 Å². The second kappa shape index (κ2) is 10.1. The van der Waals surface area contributed by atoms with Gasteiger partial charge in [0.25, 0.3) is 0 Å². The van der Waals surface area contributed by atoms with Crippen molar-refractivity contribution in [1.82, 2.24) is 25.1 Å². The summed E-state index contributed by atoms with van der Waals surface area (Å²) in [6.45, 7) is 11.2. The third kappa shape index (κ3) is 5.59. The smallest absolute Gasteiger partial charge is 0.227 e. The maximum Gasteiger partial charge on any atom is 0.227 e. The maximum atomic E-state index is 12.2. The van der Waals surface area contributed by atoms with Crippen molar-refractivity contribution in [2.75, 3.05) is 33.2 Å². The Morgan fingerprint density at radius 2 is 2.12 bits per heavy atom. The summed E-state index contributed by atoms with van der Waals surface area (Å²) in [6.07, 6.45) is 6.84. The number of nitrogens with one attached hydrogen (secondary N) is 2. The molecule has 1 aliphatic rings. The molecule has 0 radical (unpaired) electrons. The molecule has 1 aromatic heterocycles. The quantitative estimate of drug-likeness (QED) is 0.388. The van der Waals surface area contributed by atoms with E-state index in [0.29, 0.717) is 25.0 Å². The van der Waals surface area contributed by atoms with Gasteiger partial charge in [0.1, 0.15) is 0 Å². The summed E-state index contributed by atoms with van der Waals surface area (Å²) in [7, 11) is 1.80. The molecule has 148 valence electrons. The van der Waals surface area contributed by atoms with Crippen LogP contribution in [-0.2, 0) is 4.79 Å². The third-order valence-electron chi connectivity index (χ3n) is 4.98. The fraction of sp³-hybridized carbons (Fsp3) is 0.722. The van der Waals surface area contributed by atoms with Gasteiger partial charge in [0.05, 0.1) is 17.8 Å². The van der Waals surface area contributed by atoms with Crippen LogP contribution in [0.4, 0.5) is 0 Å². The van der Waals surface area contributed by atoms with E-state index in [4.69, 9.17) is 0 Å². The Labute approximate surface area is 174 Å². The molecular formula is C18H33IN6O. The maximum absolute atomic E-state index is 12.2. The molecule has 0 aromatic carbocycles. The number of rotatable bonds is 5. The van der Waals surface area contributed by atoms with Gasteiger partial charge in [-0.1, -0.05) is 6.92 Å². The van der Waals surface area contributed by atoms with E-state index >= 15 is 0 Å². The van der Waals surface area contributed by atoms with Crippen molar-refractivity contribution in [3.05, 3.63) is 18.7 Å². The van der Waals surface area contributed by atoms with Crippen LogP contribution in [0.1, 0.15) is 40.2 Å². The summed E-state index contributed by atoms with van der Waals surface area (Å²) in [5.41, 5.74) is -0.487. The highest BCUT2D eigenvalue weighted by molar-refractivity contribution is 14.0. The molecule has 2 N–H and O–H groups in total. The van der Waals surface area contributed by atoms with Crippen LogP contribution < -0.4 is 10.6 Å². The van der Waals surface area contributed by atoms with Crippen LogP contribution in [0.25, 0.3) is 0 Å². The lowest BCUT2D eigenvalue weighted by molar-refractivity contribution is -0.128. The number of nitrogens with zero attached hydrogens (tertiary/aromatic N) is 4. The second-order valence-corrected chi connectivity index (χ2v) is 7.43.